The number of carbonyl (C=O) groups is 1. The van der Waals surface area contributed by atoms with E-state index in [9.17, 15) is 4.79 Å². The van der Waals surface area contributed by atoms with Crippen molar-refractivity contribution in [2.45, 2.75) is 26.3 Å². The molecule has 4 rings (SSSR count). The lowest BCUT2D eigenvalue weighted by molar-refractivity contribution is -0.133. The van der Waals surface area contributed by atoms with E-state index in [0.29, 0.717) is 36.4 Å². The summed E-state index contributed by atoms with van der Waals surface area (Å²) < 4.78 is 12.5. The van der Waals surface area contributed by atoms with E-state index in [1.807, 2.05) is 23.9 Å². The van der Waals surface area contributed by atoms with Crippen LogP contribution in [-0.2, 0) is 20.8 Å². The van der Waals surface area contributed by atoms with Crippen LogP contribution in [0.25, 0.3) is 0 Å². The smallest absolute Gasteiger partial charge is 0.260 e. The number of anilines is 3. The van der Waals surface area contributed by atoms with Gasteiger partial charge in [-0.2, -0.15) is 10.1 Å². The van der Waals surface area contributed by atoms with Gasteiger partial charge < -0.3 is 25.0 Å². The second kappa shape index (κ2) is 12.7. The predicted molar refractivity (Wildman–Crippen MR) is 134 cm³/mol. The fraction of sp³-hybridized carbons (Fsp3) is 0.565. The van der Waals surface area contributed by atoms with Gasteiger partial charge in [-0.1, -0.05) is 11.6 Å². The molecule has 0 radical (unpaired) electrons. The Morgan fingerprint density at radius 3 is 2.89 bits per heavy atom. The molecule has 2 aliphatic rings. The molecule has 11 nitrogen and oxygen atoms in total. The van der Waals surface area contributed by atoms with Crippen LogP contribution in [0.4, 0.5) is 17.5 Å². The Balaban J connectivity index is 1.25. The van der Waals surface area contributed by atoms with E-state index < -0.39 is 0 Å². The molecule has 2 N–H and O–H groups in total. The fourth-order valence-electron chi connectivity index (χ4n) is 3.95. The Morgan fingerprint density at radius 2 is 2.03 bits per heavy atom. The lowest BCUT2D eigenvalue weighted by atomic mass is 10.3. The number of rotatable bonds is 11. The number of amides is 1. The Labute approximate surface area is 210 Å². The summed E-state index contributed by atoms with van der Waals surface area (Å²) in [5.74, 6) is 0.974. The third-order valence-corrected chi connectivity index (χ3v) is 6.15. The normalized spacial score (nSPS) is 16.7. The highest BCUT2D eigenvalue weighted by atomic mass is 35.5. The van der Waals surface area contributed by atoms with Crippen LogP contribution in [0.3, 0.4) is 0 Å². The van der Waals surface area contributed by atoms with Crippen LogP contribution in [0.5, 0.6) is 0 Å². The molecular weight excluding hydrogens is 472 g/mol. The van der Waals surface area contributed by atoms with Crippen molar-refractivity contribution in [1.82, 2.24) is 29.5 Å². The molecule has 0 bridgehead atoms. The van der Waals surface area contributed by atoms with E-state index >= 15 is 0 Å². The number of nitrogens with one attached hydrogen (secondary N) is 2. The Morgan fingerprint density at radius 1 is 1.17 bits per heavy atom. The molecule has 1 fully saturated rings. The van der Waals surface area contributed by atoms with Gasteiger partial charge in [-0.25, -0.2) is 4.98 Å². The monoisotopic (exact) mass is 504 g/mol. The van der Waals surface area contributed by atoms with Gasteiger partial charge in [-0.3, -0.25) is 14.4 Å². The van der Waals surface area contributed by atoms with Gasteiger partial charge >= 0.3 is 0 Å². The highest BCUT2D eigenvalue weighted by Crippen LogP contribution is 2.22. The van der Waals surface area contributed by atoms with Crippen LogP contribution in [0.1, 0.15) is 18.5 Å². The predicted octanol–water partition coefficient (Wildman–Crippen LogP) is 2.28. The lowest BCUT2D eigenvalue weighted by Crippen LogP contribution is -2.37. The zero-order valence-corrected chi connectivity index (χ0v) is 20.8. The molecule has 1 saturated heterocycles. The van der Waals surface area contributed by atoms with Crippen molar-refractivity contribution in [3.8, 4) is 0 Å². The first-order valence-corrected chi connectivity index (χ1v) is 12.4. The van der Waals surface area contributed by atoms with Gasteiger partial charge in [0.1, 0.15) is 10.8 Å². The Hall–Kier alpha value is -2.89. The zero-order chi connectivity index (χ0) is 24.5. The van der Waals surface area contributed by atoms with Crippen molar-refractivity contribution in [2.24, 2.45) is 0 Å². The standard InChI is InChI=1S/C23H33ClN8O3/c1-18-20(16-32(29-18)9-3-6-30-10-13-34-14-11-30)27-23-26-15-19(24)22(28-23)25-5-2-7-31-8-4-12-35-17-21(31)33/h4,12,15-16H,2-3,5-11,13-14,17H2,1H3,(H2,25,26,27,28). The molecule has 0 aliphatic carbocycles. The van der Waals surface area contributed by atoms with Crippen molar-refractivity contribution < 1.29 is 14.3 Å². The number of aromatic nitrogens is 4. The van der Waals surface area contributed by atoms with Crippen molar-refractivity contribution in [3.05, 3.63) is 35.4 Å². The highest BCUT2D eigenvalue weighted by molar-refractivity contribution is 6.32. The summed E-state index contributed by atoms with van der Waals surface area (Å²) in [7, 11) is 0. The fourth-order valence-corrected chi connectivity index (χ4v) is 4.11. The van der Waals surface area contributed by atoms with Crippen LogP contribution in [0.15, 0.2) is 24.7 Å². The number of nitrogens with zero attached hydrogens (tertiary/aromatic N) is 6. The molecule has 190 valence electrons. The third-order valence-electron chi connectivity index (χ3n) is 5.88. The van der Waals surface area contributed by atoms with E-state index in [1.54, 1.807) is 17.4 Å². The van der Waals surface area contributed by atoms with Crippen LogP contribution in [0.2, 0.25) is 5.02 Å². The molecule has 12 heteroatoms. The number of halogens is 1. The molecule has 2 aromatic rings. The SMILES string of the molecule is Cc1nn(CCCN2CCOCC2)cc1Nc1ncc(Cl)c(NCCCN2CC=COCC2=O)n1. The molecule has 4 heterocycles. The van der Waals surface area contributed by atoms with Gasteiger partial charge in [0.15, 0.2) is 6.61 Å². The van der Waals surface area contributed by atoms with E-state index in [2.05, 4.69) is 30.6 Å². The molecule has 0 spiro atoms. The summed E-state index contributed by atoms with van der Waals surface area (Å²) in [5.41, 5.74) is 1.74. The first-order chi connectivity index (χ1) is 17.1. The molecule has 0 atom stereocenters. The van der Waals surface area contributed by atoms with Gasteiger partial charge in [0.25, 0.3) is 5.91 Å². The molecule has 1 amide bonds. The van der Waals surface area contributed by atoms with Gasteiger partial charge in [-0.05, 0) is 25.8 Å². The van der Waals surface area contributed by atoms with Crippen molar-refractivity contribution in [3.63, 3.8) is 0 Å². The lowest BCUT2D eigenvalue weighted by Gasteiger charge is -2.26. The maximum atomic E-state index is 12.0. The zero-order valence-electron chi connectivity index (χ0n) is 20.1. The molecule has 0 aromatic carbocycles. The van der Waals surface area contributed by atoms with Crippen LogP contribution in [-0.4, -0.2) is 94.5 Å². The Kier molecular flexibility index (Phi) is 9.15. The molecule has 2 aliphatic heterocycles. The van der Waals surface area contributed by atoms with Crippen LogP contribution in [0, 0.1) is 6.92 Å². The summed E-state index contributed by atoms with van der Waals surface area (Å²) in [6.07, 6.45) is 8.74. The van der Waals surface area contributed by atoms with Gasteiger partial charge in [0, 0.05) is 52.0 Å². The summed E-state index contributed by atoms with van der Waals surface area (Å²) in [6.45, 7) is 9.35. The minimum absolute atomic E-state index is 0.0152. The number of aryl methyl sites for hydroxylation is 2. The molecular formula is C23H33ClN8O3. The van der Waals surface area contributed by atoms with Gasteiger partial charge in [-0.15, -0.1) is 0 Å². The minimum atomic E-state index is -0.0152. The average molecular weight is 505 g/mol. The number of hydrogen-bond acceptors (Lipinski definition) is 9. The molecule has 0 unspecified atom stereocenters. The second-order valence-electron chi connectivity index (χ2n) is 8.52. The number of ether oxygens (including phenoxy) is 2. The number of morpholine rings is 1. The largest absolute Gasteiger partial charge is 0.492 e. The topological polar surface area (TPSA) is 110 Å². The van der Waals surface area contributed by atoms with Crippen molar-refractivity contribution in [2.75, 3.05) is 69.7 Å². The van der Waals surface area contributed by atoms with Crippen molar-refractivity contribution in [1.29, 1.82) is 0 Å². The molecule has 35 heavy (non-hydrogen) atoms. The van der Waals surface area contributed by atoms with Crippen LogP contribution < -0.4 is 10.6 Å². The number of carbonyl (C=O) groups excluding carboxylic acids is 1. The molecule has 2 aromatic heterocycles. The maximum absolute atomic E-state index is 12.0. The minimum Gasteiger partial charge on any atom is -0.492 e. The molecule has 0 saturated carbocycles. The first kappa shape index (κ1) is 25.2. The summed E-state index contributed by atoms with van der Waals surface area (Å²) in [5, 5.41) is 11.5. The van der Waals surface area contributed by atoms with E-state index in [1.165, 1.54) is 0 Å². The third kappa shape index (κ3) is 7.55. The van der Waals surface area contributed by atoms with E-state index in [4.69, 9.17) is 21.1 Å². The number of hydrogen-bond donors (Lipinski definition) is 2. The van der Waals surface area contributed by atoms with Crippen LogP contribution >= 0.6 is 11.6 Å². The summed E-state index contributed by atoms with van der Waals surface area (Å²) in [4.78, 5) is 25.0. The first-order valence-electron chi connectivity index (χ1n) is 12.0. The highest BCUT2D eigenvalue weighted by Gasteiger charge is 2.15. The second-order valence-corrected chi connectivity index (χ2v) is 8.92. The average Bonchev–Trinajstić information content (AvgIpc) is 3.07. The van der Waals surface area contributed by atoms with Crippen molar-refractivity contribution >= 4 is 35.0 Å². The summed E-state index contributed by atoms with van der Waals surface area (Å²) in [6, 6.07) is 0. The summed E-state index contributed by atoms with van der Waals surface area (Å²) >= 11 is 6.29. The van der Waals surface area contributed by atoms with Gasteiger partial charge in [0.2, 0.25) is 5.95 Å². The maximum Gasteiger partial charge on any atom is 0.260 e. The Bertz CT molecular complexity index is 1010. The van der Waals surface area contributed by atoms with E-state index in [0.717, 1.165) is 63.6 Å². The quantitative estimate of drug-likeness (QED) is 0.445. The van der Waals surface area contributed by atoms with E-state index in [-0.39, 0.29) is 12.5 Å². The van der Waals surface area contributed by atoms with Gasteiger partial charge in [0.05, 0.1) is 37.1 Å².